The molecule has 0 saturated carbocycles. The highest BCUT2D eigenvalue weighted by atomic mass is 79.9. The van der Waals surface area contributed by atoms with Crippen LogP contribution in [0, 0.1) is 0 Å². The van der Waals surface area contributed by atoms with E-state index in [-0.39, 0.29) is 11.7 Å². The van der Waals surface area contributed by atoms with Gasteiger partial charge in [0.2, 0.25) is 0 Å². The number of anilines is 1. The van der Waals surface area contributed by atoms with Crippen molar-refractivity contribution in [1.82, 2.24) is 0 Å². The van der Waals surface area contributed by atoms with Crippen LogP contribution in [0.4, 0.5) is 5.69 Å². The lowest BCUT2D eigenvalue weighted by Gasteiger charge is -2.11. The Kier molecular flexibility index (Phi) is 4.03. The second kappa shape index (κ2) is 5.97. The van der Waals surface area contributed by atoms with Gasteiger partial charge in [0.05, 0.1) is 5.57 Å². The first-order valence-corrected chi connectivity index (χ1v) is 8.03. The van der Waals surface area contributed by atoms with E-state index in [1.54, 1.807) is 18.2 Å². The van der Waals surface area contributed by atoms with Gasteiger partial charge in [-0.1, -0.05) is 41.4 Å². The SMILES string of the molecule is CCC/C(=C1\C(=O)Nc2ccc(Br)cc21)c1cccc(O)c1. The Balaban J connectivity index is 2.24. The molecule has 1 amide bonds. The highest BCUT2D eigenvalue weighted by molar-refractivity contribution is 9.10. The number of allylic oxidation sites excluding steroid dienone is 1. The van der Waals surface area contributed by atoms with Gasteiger partial charge in [0.25, 0.3) is 5.91 Å². The summed E-state index contributed by atoms with van der Waals surface area (Å²) in [7, 11) is 0. The van der Waals surface area contributed by atoms with E-state index in [2.05, 4.69) is 28.2 Å². The van der Waals surface area contributed by atoms with E-state index in [1.807, 2.05) is 24.3 Å². The lowest BCUT2D eigenvalue weighted by molar-refractivity contribution is -0.110. The molecular weight excluding hydrogens is 342 g/mol. The molecule has 3 nitrogen and oxygen atoms in total. The molecule has 0 radical (unpaired) electrons. The van der Waals surface area contributed by atoms with Gasteiger partial charge in [-0.25, -0.2) is 0 Å². The van der Waals surface area contributed by atoms with Crippen molar-refractivity contribution in [2.75, 3.05) is 5.32 Å². The van der Waals surface area contributed by atoms with E-state index in [0.29, 0.717) is 5.57 Å². The third-order valence-electron chi connectivity index (χ3n) is 3.72. The summed E-state index contributed by atoms with van der Waals surface area (Å²) in [6.45, 7) is 2.08. The molecule has 0 fully saturated rings. The molecule has 0 bridgehead atoms. The van der Waals surface area contributed by atoms with Crippen molar-refractivity contribution in [2.24, 2.45) is 0 Å². The monoisotopic (exact) mass is 357 g/mol. The smallest absolute Gasteiger partial charge is 0.256 e. The summed E-state index contributed by atoms with van der Waals surface area (Å²) in [5.74, 6) is 0.125. The number of carbonyl (C=O) groups excluding carboxylic acids is 1. The second-order valence-electron chi connectivity index (χ2n) is 5.30. The number of amides is 1. The van der Waals surface area contributed by atoms with Gasteiger partial charge in [0, 0.05) is 15.7 Å². The molecule has 112 valence electrons. The van der Waals surface area contributed by atoms with Crippen LogP contribution >= 0.6 is 15.9 Å². The van der Waals surface area contributed by atoms with Crippen LogP contribution in [0.1, 0.15) is 30.9 Å². The van der Waals surface area contributed by atoms with Crippen LogP contribution in [-0.4, -0.2) is 11.0 Å². The Hall–Kier alpha value is -2.07. The van der Waals surface area contributed by atoms with Gasteiger partial charge in [0.1, 0.15) is 5.75 Å². The van der Waals surface area contributed by atoms with Crippen molar-refractivity contribution in [1.29, 1.82) is 0 Å². The first kappa shape index (κ1) is 14.9. The van der Waals surface area contributed by atoms with Crippen molar-refractivity contribution >= 4 is 38.7 Å². The fraction of sp³-hybridized carbons (Fsp3) is 0.167. The number of rotatable bonds is 3. The van der Waals surface area contributed by atoms with Crippen LogP contribution in [-0.2, 0) is 4.79 Å². The Morgan fingerprint density at radius 1 is 1.23 bits per heavy atom. The van der Waals surface area contributed by atoms with Gasteiger partial charge in [-0.15, -0.1) is 0 Å². The topological polar surface area (TPSA) is 49.3 Å². The lowest BCUT2D eigenvalue weighted by Crippen LogP contribution is -2.06. The molecule has 0 saturated heterocycles. The standard InChI is InChI=1S/C18H16BrNO2/c1-2-4-14(11-5-3-6-13(21)9-11)17-15-10-12(19)7-8-16(15)20-18(17)22/h3,5-10,21H,2,4H2,1H3,(H,20,22)/b17-14+. The largest absolute Gasteiger partial charge is 0.508 e. The number of phenols is 1. The summed E-state index contributed by atoms with van der Waals surface area (Å²) >= 11 is 3.47. The van der Waals surface area contributed by atoms with E-state index in [0.717, 1.165) is 39.7 Å². The summed E-state index contributed by atoms with van der Waals surface area (Å²) in [6.07, 6.45) is 1.70. The average Bonchev–Trinajstić information content (AvgIpc) is 2.80. The number of hydrogen-bond donors (Lipinski definition) is 2. The predicted molar refractivity (Wildman–Crippen MR) is 92.6 cm³/mol. The molecule has 1 aliphatic rings. The number of aromatic hydroxyl groups is 1. The van der Waals surface area contributed by atoms with E-state index < -0.39 is 0 Å². The Morgan fingerprint density at radius 3 is 2.77 bits per heavy atom. The van der Waals surface area contributed by atoms with Crippen molar-refractivity contribution in [2.45, 2.75) is 19.8 Å². The number of halogens is 1. The van der Waals surface area contributed by atoms with Crippen LogP contribution in [0.3, 0.4) is 0 Å². The predicted octanol–water partition coefficient (Wildman–Crippen LogP) is 4.82. The Morgan fingerprint density at radius 2 is 2.05 bits per heavy atom. The molecule has 0 aliphatic carbocycles. The van der Waals surface area contributed by atoms with E-state index in [4.69, 9.17) is 0 Å². The van der Waals surface area contributed by atoms with Crippen molar-refractivity contribution in [3.05, 3.63) is 58.1 Å². The molecule has 4 heteroatoms. The highest BCUT2D eigenvalue weighted by Gasteiger charge is 2.27. The maximum absolute atomic E-state index is 12.5. The third kappa shape index (κ3) is 2.66. The van der Waals surface area contributed by atoms with Gasteiger partial charge in [-0.2, -0.15) is 0 Å². The number of benzene rings is 2. The number of nitrogens with one attached hydrogen (secondary N) is 1. The first-order chi connectivity index (χ1) is 10.6. The van der Waals surface area contributed by atoms with E-state index in [1.165, 1.54) is 0 Å². The molecular formula is C18H16BrNO2. The summed E-state index contributed by atoms with van der Waals surface area (Å²) in [6, 6.07) is 12.8. The van der Waals surface area contributed by atoms with Gasteiger partial charge < -0.3 is 10.4 Å². The van der Waals surface area contributed by atoms with Gasteiger partial charge >= 0.3 is 0 Å². The average molecular weight is 358 g/mol. The quantitative estimate of drug-likeness (QED) is 0.773. The second-order valence-corrected chi connectivity index (χ2v) is 6.21. The highest BCUT2D eigenvalue weighted by Crippen LogP contribution is 2.40. The number of hydrogen-bond acceptors (Lipinski definition) is 2. The number of carbonyl (C=O) groups is 1. The van der Waals surface area contributed by atoms with E-state index >= 15 is 0 Å². The summed E-state index contributed by atoms with van der Waals surface area (Å²) in [4.78, 5) is 12.5. The molecule has 1 aliphatic heterocycles. The molecule has 22 heavy (non-hydrogen) atoms. The Bertz CT molecular complexity index is 780. The van der Waals surface area contributed by atoms with Crippen LogP contribution in [0.5, 0.6) is 5.75 Å². The zero-order valence-corrected chi connectivity index (χ0v) is 13.8. The first-order valence-electron chi connectivity index (χ1n) is 7.24. The van der Waals surface area contributed by atoms with Crippen LogP contribution in [0.2, 0.25) is 0 Å². The van der Waals surface area contributed by atoms with Gasteiger partial charge in [-0.05, 0) is 47.9 Å². The van der Waals surface area contributed by atoms with Crippen molar-refractivity contribution in [3.8, 4) is 5.75 Å². The molecule has 2 aromatic carbocycles. The summed E-state index contributed by atoms with van der Waals surface area (Å²) < 4.78 is 0.937. The molecule has 1 heterocycles. The van der Waals surface area contributed by atoms with Crippen molar-refractivity contribution < 1.29 is 9.90 Å². The van der Waals surface area contributed by atoms with Crippen LogP contribution in [0.15, 0.2) is 46.9 Å². The maximum atomic E-state index is 12.5. The Labute approximate surface area is 137 Å². The van der Waals surface area contributed by atoms with Crippen LogP contribution in [0.25, 0.3) is 11.1 Å². The molecule has 2 N–H and O–H groups in total. The van der Waals surface area contributed by atoms with Crippen molar-refractivity contribution in [3.63, 3.8) is 0 Å². The van der Waals surface area contributed by atoms with Crippen LogP contribution < -0.4 is 5.32 Å². The normalized spacial score (nSPS) is 15.5. The molecule has 0 aromatic heterocycles. The van der Waals surface area contributed by atoms with Gasteiger partial charge in [0.15, 0.2) is 0 Å². The molecule has 0 atom stereocenters. The molecule has 3 rings (SSSR count). The zero-order chi connectivity index (χ0) is 15.7. The maximum Gasteiger partial charge on any atom is 0.256 e. The number of fused-ring (bicyclic) bond motifs is 1. The third-order valence-corrected chi connectivity index (χ3v) is 4.22. The zero-order valence-electron chi connectivity index (χ0n) is 12.2. The minimum absolute atomic E-state index is 0.0834. The minimum Gasteiger partial charge on any atom is -0.508 e. The minimum atomic E-state index is -0.0834. The number of phenolic OH excluding ortho intramolecular Hbond substituents is 1. The summed E-state index contributed by atoms with van der Waals surface area (Å²) in [5.41, 5.74) is 4.29. The molecule has 0 spiro atoms. The van der Waals surface area contributed by atoms with Gasteiger partial charge in [-0.3, -0.25) is 4.79 Å². The lowest BCUT2D eigenvalue weighted by atomic mass is 9.92. The summed E-state index contributed by atoms with van der Waals surface area (Å²) in [5, 5.41) is 12.7. The molecule has 0 unspecified atom stereocenters. The fourth-order valence-corrected chi connectivity index (χ4v) is 3.16. The van der Waals surface area contributed by atoms with E-state index in [9.17, 15) is 9.90 Å². The fourth-order valence-electron chi connectivity index (χ4n) is 2.80. The molecule has 2 aromatic rings.